The van der Waals surface area contributed by atoms with Crippen molar-refractivity contribution in [2.24, 2.45) is 12.0 Å². The van der Waals surface area contributed by atoms with E-state index >= 15 is 0 Å². The summed E-state index contributed by atoms with van der Waals surface area (Å²) in [7, 11) is 2.74. The van der Waals surface area contributed by atoms with Gasteiger partial charge in [-0.25, -0.2) is 9.37 Å². The Kier molecular flexibility index (Phi) is 7.88. The van der Waals surface area contributed by atoms with Gasteiger partial charge in [0.2, 0.25) is 5.60 Å². The van der Waals surface area contributed by atoms with Crippen LogP contribution >= 0.6 is 0 Å². The number of hydrogen-bond acceptors (Lipinski definition) is 4. The third-order valence-corrected chi connectivity index (χ3v) is 4.78. The van der Waals surface area contributed by atoms with Crippen molar-refractivity contribution in [1.29, 1.82) is 0 Å². The number of nitrogens with zero attached hydrogens (tertiary/aromatic N) is 3. The smallest absolute Gasteiger partial charge is 0.424 e. The Labute approximate surface area is 178 Å². The van der Waals surface area contributed by atoms with Crippen LogP contribution in [0.25, 0.3) is 0 Å². The van der Waals surface area contributed by atoms with Gasteiger partial charge in [-0.3, -0.25) is 4.99 Å². The van der Waals surface area contributed by atoms with E-state index < -0.39 is 35.9 Å². The number of alkyl halides is 3. The zero-order chi connectivity index (χ0) is 23.2. The average Bonchev–Trinajstić information content (AvgIpc) is 3.13. The Hall–Kier alpha value is -2.82. The molecule has 2 rings (SSSR count). The van der Waals surface area contributed by atoms with E-state index in [1.165, 1.54) is 38.7 Å². The number of halogens is 4. The summed E-state index contributed by atoms with van der Waals surface area (Å²) < 4.78 is 60.9. The van der Waals surface area contributed by atoms with E-state index in [-0.39, 0.29) is 18.3 Å². The molecule has 3 N–H and O–H groups in total. The summed E-state index contributed by atoms with van der Waals surface area (Å²) in [6, 6.07) is 4.08. The highest BCUT2D eigenvalue weighted by Gasteiger charge is 2.57. The lowest BCUT2D eigenvalue weighted by molar-refractivity contribution is -0.272. The number of benzene rings is 1. The molecule has 7 nitrogen and oxygen atoms in total. The van der Waals surface area contributed by atoms with E-state index in [2.05, 4.69) is 20.6 Å². The highest BCUT2D eigenvalue weighted by molar-refractivity contribution is 5.80. The molecule has 2 aromatic rings. The molecule has 0 fully saturated rings. The van der Waals surface area contributed by atoms with Gasteiger partial charge in [-0.05, 0) is 31.5 Å². The Morgan fingerprint density at radius 1 is 1.35 bits per heavy atom. The fourth-order valence-corrected chi connectivity index (χ4v) is 3.03. The molecule has 2 atom stereocenters. The summed E-state index contributed by atoms with van der Waals surface area (Å²) in [6.45, 7) is 3.68. The van der Waals surface area contributed by atoms with Gasteiger partial charge in [-0.15, -0.1) is 0 Å². The summed E-state index contributed by atoms with van der Waals surface area (Å²) in [5, 5.41) is 16.3. The Morgan fingerprint density at radius 2 is 2.06 bits per heavy atom. The van der Waals surface area contributed by atoms with Crippen LogP contribution in [0.4, 0.5) is 17.6 Å². The van der Waals surface area contributed by atoms with Crippen LogP contribution in [0.3, 0.4) is 0 Å². The van der Waals surface area contributed by atoms with Crippen LogP contribution in [0.1, 0.15) is 37.7 Å². The summed E-state index contributed by atoms with van der Waals surface area (Å²) in [5.74, 6) is -0.691. The van der Waals surface area contributed by atoms with Gasteiger partial charge in [0.15, 0.2) is 17.5 Å². The Balaban J connectivity index is 2.16. The molecular weight excluding hydrogens is 418 g/mol. The van der Waals surface area contributed by atoms with Crippen LogP contribution in [0.5, 0.6) is 5.75 Å². The van der Waals surface area contributed by atoms with Crippen LogP contribution in [0.2, 0.25) is 0 Å². The molecule has 0 radical (unpaired) electrons. The maximum Gasteiger partial charge on any atom is 0.424 e. The van der Waals surface area contributed by atoms with Crippen molar-refractivity contribution in [2.75, 3.05) is 20.2 Å². The summed E-state index contributed by atoms with van der Waals surface area (Å²) >= 11 is 0. The molecule has 11 heteroatoms. The number of rotatable bonds is 8. The molecule has 2 unspecified atom stereocenters. The molecule has 0 aliphatic rings. The van der Waals surface area contributed by atoms with Gasteiger partial charge in [0.05, 0.1) is 13.2 Å². The number of aryl methyl sites for hydroxylation is 1. The quantitative estimate of drug-likeness (QED) is 0.331. The number of aliphatic imine (C=N–C) groups is 1. The van der Waals surface area contributed by atoms with E-state index in [1.807, 2.05) is 0 Å². The molecule has 0 bridgehead atoms. The van der Waals surface area contributed by atoms with Crippen LogP contribution in [0.15, 0.2) is 35.6 Å². The van der Waals surface area contributed by atoms with Crippen molar-refractivity contribution in [3.8, 4) is 5.75 Å². The number of guanidine groups is 1. The largest absolute Gasteiger partial charge is 0.494 e. The molecule has 1 aromatic carbocycles. The topological polar surface area (TPSA) is 83.7 Å². The lowest BCUT2D eigenvalue weighted by atomic mass is 9.98. The normalized spacial score (nSPS) is 15.3. The third kappa shape index (κ3) is 5.66. The van der Waals surface area contributed by atoms with Crippen molar-refractivity contribution >= 4 is 5.96 Å². The molecule has 31 heavy (non-hydrogen) atoms. The monoisotopic (exact) mass is 445 g/mol. The van der Waals surface area contributed by atoms with Crippen molar-refractivity contribution in [1.82, 2.24) is 20.2 Å². The highest BCUT2D eigenvalue weighted by atomic mass is 19.4. The fourth-order valence-electron chi connectivity index (χ4n) is 3.03. The predicted molar refractivity (Wildman–Crippen MR) is 108 cm³/mol. The minimum Gasteiger partial charge on any atom is -0.494 e. The van der Waals surface area contributed by atoms with E-state index in [9.17, 15) is 22.7 Å². The molecular formula is C20H27F4N5O2. The van der Waals surface area contributed by atoms with Crippen molar-refractivity contribution < 1.29 is 27.4 Å². The second-order valence-electron chi connectivity index (χ2n) is 6.99. The summed E-state index contributed by atoms with van der Waals surface area (Å²) in [6.07, 6.45) is -3.13. The van der Waals surface area contributed by atoms with Crippen LogP contribution < -0.4 is 15.4 Å². The zero-order valence-electron chi connectivity index (χ0n) is 17.8. The van der Waals surface area contributed by atoms with Crippen molar-refractivity contribution in [2.45, 2.75) is 38.1 Å². The highest BCUT2D eigenvalue weighted by Crippen LogP contribution is 2.40. The van der Waals surface area contributed by atoms with Crippen LogP contribution in [-0.2, 0) is 12.6 Å². The van der Waals surface area contributed by atoms with Gasteiger partial charge in [0, 0.05) is 39.0 Å². The van der Waals surface area contributed by atoms with Gasteiger partial charge in [-0.1, -0.05) is 6.07 Å². The van der Waals surface area contributed by atoms with Gasteiger partial charge in [0.25, 0.3) is 0 Å². The number of aliphatic hydroxyl groups is 1. The zero-order valence-corrected chi connectivity index (χ0v) is 17.8. The van der Waals surface area contributed by atoms with Crippen molar-refractivity contribution in [3.05, 3.63) is 47.8 Å². The second-order valence-corrected chi connectivity index (χ2v) is 6.99. The van der Waals surface area contributed by atoms with Gasteiger partial charge < -0.3 is 25.0 Å². The number of imidazole rings is 1. The molecule has 0 saturated carbocycles. The predicted octanol–water partition coefficient (Wildman–Crippen LogP) is 3.02. The van der Waals surface area contributed by atoms with Crippen LogP contribution in [-0.4, -0.2) is 47.0 Å². The molecule has 0 aliphatic carbocycles. The Bertz CT molecular complexity index is 900. The first-order valence-electron chi connectivity index (χ1n) is 9.68. The molecule has 0 amide bonds. The van der Waals surface area contributed by atoms with E-state index in [1.54, 1.807) is 19.9 Å². The van der Waals surface area contributed by atoms with Gasteiger partial charge >= 0.3 is 6.18 Å². The molecule has 1 heterocycles. The lowest BCUT2D eigenvalue weighted by Crippen LogP contribution is -2.45. The molecule has 0 aliphatic heterocycles. The van der Waals surface area contributed by atoms with E-state index in [0.717, 1.165) is 4.57 Å². The number of hydrogen-bond donors (Lipinski definition) is 3. The third-order valence-electron chi connectivity index (χ3n) is 4.78. The maximum absolute atomic E-state index is 14.0. The molecule has 0 spiro atoms. The van der Waals surface area contributed by atoms with E-state index in [4.69, 9.17) is 4.74 Å². The Morgan fingerprint density at radius 3 is 2.58 bits per heavy atom. The number of ether oxygens (including phenoxy) is 1. The van der Waals surface area contributed by atoms with Crippen LogP contribution in [0, 0.1) is 5.82 Å². The van der Waals surface area contributed by atoms with Gasteiger partial charge in [-0.2, -0.15) is 13.2 Å². The first-order valence-corrected chi connectivity index (χ1v) is 9.68. The number of nitrogens with one attached hydrogen (secondary N) is 2. The lowest BCUT2D eigenvalue weighted by Gasteiger charge is -2.29. The van der Waals surface area contributed by atoms with Crippen molar-refractivity contribution in [3.63, 3.8) is 0 Å². The SMILES string of the molecule is CCNC(=NCCC(O)(c1nccn1C)C(F)(F)F)NC(C)c1ccc(OC)c(F)c1. The maximum atomic E-state index is 14.0. The number of aromatic nitrogens is 2. The first kappa shape index (κ1) is 24.4. The van der Waals surface area contributed by atoms with E-state index in [0.29, 0.717) is 12.1 Å². The standard InChI is InChI=1S/C20H27F4N5O2/c1-5-25-18(28-13(2)14-6-7-16(31-4)15(21)12-14)27-9-8-19(30,20(22,23)24)17-26-10-11-29(17)3/h6-7,10-13,30H,5,8-9H2,1-4H3,(H2,25,27,28). The summed E-state index contributed by atoms with van der Waals surface area (Å²) in [5.41, 5.74) is -2.54. The second kappa shape index (κ2) is 9.99. The minimum atomic E-state index is -4.93. The number of methoxy groups -OCH3 is 1. The molecule has 172 valence electrons. The molecule has 1 aromatic heterocycles. The average molecular weight is 445 g/mol. The van der Waals surface area contributed by atoms with Gasteiger partial charge in [0.1, 0.15) is 5.82 Å². The minimum absolute atomic E-state index is 0.109. The first-order chi connectivity index (χ1) is 14.5. The molecule has 0 saturated heterocycles. The summed E-state index contributed by atoms with van der Waals surface area (Å²) in [4.78, 5) is 7.82. The fraction of sp³-hybridized carbons (Fsp3) is 0.500.